The van der Waals surface area contributed by atoms with E-state index in [-0.39, 0.29) is 29.9 Å². The van der Waals surface area contributed by atoms with E-state index in [2.05, 4.69) is 5.32 Å². The molecule has 2 aliphatic heterocycles. The molecule has 0 aliphatic carbocycles. The molecule has 1 atom stereocenters. The molecular formula is C9H14N2O4S. The Bertz CT molecular complexity index is 417. The van der Waals surface area contributed by atoms with Crippen molar-refractivity contribution in [1.29, 1.82) is 0 Å². The largest absolute Gasteiger partial charge is 0.324 e. The van der Waals surface area contributed by atoms with Gasteiger partial charge in [-0.25, -0.2) is 13.2 Å². The summed E-state index contributed by atoms with van der Waals surface area (Å²) in [6.45, 7) is 0.324. The minimum Gasteiger partial charge on any atom is -0.320 e. The lowest BCUT2D eigenvalue weighted by molar-refractivity contribution is -0.121. The highest BCUT2D eigenvalue weighted by Crippen LogP contribution is 2.19. The van der Waals surface area contributed by atoms with Crippen LogP contribution >= 0.6 is 0 Å². The predicted octanol–water partition coefficient (Wildman–Crippen LogP) is -0.494. The van der Waals surface area contributed by atoms with E-state index in [4.69, 9.17) is 0 Å². The molecule has 6 nitrogen and oxygen atoms in total. The van der Waals surface area contributed by atoms with Gasteiger partial charge >= 0.3 is 6.03 Å². The van der Waals surface area contributed by atoms with Gasteiger partial charge in [0, 0.05) is 19.0 Å². The number of amides is 3. The average molecular weight is 246 g/mol. The highest BCUT2D eigenvalue weighted by Gasteiger charge is 2.34. The molecule has 7 heteroatoms. The SMILES string of the molecule is O=C1CCN(C2CCCS(=O)(=O)C2)C(=O)N1. The lowest BCUT2D eigenvalue weighted by Gasteiger charge is -2.35. The van der Waals surface area contributed by atoms with Crippen LogP contribution < -0.4 is 5.32 Å². The summed E-state index contributed by atoms with van der Waals surface area (Å²) in [6, 6.07) is -0.731. The molecule has 0 saturated carbocycles. The zero-order valence-electron chi connectivity index (χ0n) is 8.81. The molecule has 3 amide bonds. The van der Waals surface area contributed by atoms with E-state index in [0.717, 1.165) is 0 Å². The van der Waals surface area contributed by atoms with Gasteiger partial charge in [0.1, 0.15) is 0 Å². The van der Waals surface area contributed by atoms with Crippen LogP contribution in [0.15, 0.2) is 0 Å². The monoisotopic (exact) mass is 246 g/mol. The normalized spacial score (nSPS) is 30.0. The molecule has 2 saturated heterocycles. The number of hydrogen-bond donors (Lipinski definition) is 1. The van der Waals surface area contributed by atoms with E-state index in [1.807, 2.05) is 0 Å². The molecule has 1 unspecified atom stereocenters. The predicted molar refractivity (Wildman–Crippen MR) is 56.5 cm³/mol. The molecule has 2 heterocycles. The summed E-state index contributed by atoms with van der Waals surface area (Å²) in [5, 5.41) is 2.21. The molecule has 2 rings (SSSR count). The number of rotatable bonds is 1. The van der Waals surface area contributed by atoms with Gasteiger partial charge in [0.25, 0.3) is 0 Å². The van der Waals surface area contributed by atoms with Crippen LogP contribution in [0.4, 0.5) is 4.79 Å². The number of carbonyl (C=O) groups is 2. The van der Waals surface area contributed by atoms with Crippen molar-refractivity contribution < 1.29 is 18.0 Å². The van der Waals surface area contributed by atoms with Gasteiger partial charge in [-0.3, -0.25) is 10.1 Å². The van der Waals surface area contributed by atoms with Crippen molar-refractivity contribution >= 4 is 21.8 Å². The van der Waals surface area contributed by atoms with Crippen molar-refractivity contribution in [3.05, 3.63) is 0 Å². The van der Waals surface area contributed by atoms with Crippen LogP contribution in [0.3, 0.4) is 0 Å². The first kappa shape index (κ1) is 11.4. The first-order chi connectivity index (χ1) is 7.48. The van der Waals surface area contributed by atoms with Crippen molar-refractivity contribution in [2.45, 2.75) is 25.3 Å². The van der Waals surface area contributed by atoms with E-state index < -0.39 is 15.9 Å². The maximum atomic E-state index is 11.5. The Hall–Kier alpha value is -1.11. The summed E-state index contributed by atoms with van der Waals surface area (Å²) in [4.78, 5) is 23.9. The van der Waals surface area contributed by atoms with Crippen LogP contribution in [0.5, 0.6) is 0 Å². The van der Waals surface area contributed by atoms with Crippen molar-refractivity contribution in [2.24, 2.45) is 0 Å². The Kier molecular flexibility index (Phi) is 2.88. The molecule has 1 N–H and O–H groups in total. The van der Waals surface area contributed by atoms with E-state index in [0.29, 0.717) is 19.4 Å². The van der Waals surface area contributed by atoms with Gasteiger partial charge in [-0.05, 0) is 12.8 Å². The van der Waals surface area contributed by atoms with Crippen molar-refractivity contribution in [2.75, 3.05) is 18.1 Å². The molecule has 2 fully saturated rings. The summed E-state index contributed by atoms with van der Waals surface area (Å²) in [6.07, 6.45) is 1.54. The van der Waals surface area contributed by atoms with Crippen LogP contribution in [-0.4, -0.2) is 49.3 Å². The summed E-state index contributed by atoms with van der Waals surface area (Å²) >= 11 is 0. The van der Waals surface area contributed by atoms with Gasteiger partial charge in [-0.15, -0.1) is 0 Å². The van der Waals surface area contributed by atoms with Gasteiger partial charge < -0.3 is 4.90 Å². The Morgan fingerprint density at radius 2 is 2.06 bits per heavy atom. The lowest BCUT2D eigenvalue weighted by Crippen LogP contribution is -2.56. The zero-order chi connectivity index (χ0) is 11.8. The second kappa shape index (κ2) is 4.04. The molecule has 90 valence electrons. The zero-order valence-corrected chi connectivity index (χ0v) is 9.62. The Morgan fingerprint density at radius 1 is 1.31 bits per heavy atom. The number of carbonyl (C=O) groups excluding carboxylic acids is 2. The number of imide groups is 1. The molecule has 0 aromatic heterocycles. The molecule has 0 radical (unpaired) electrons. The van der Waals surface area contributed by atoms with Crippen molar-refractivity contribution in [3.8, 4) is 0 Å². The van der Waals surface area contributed by atoms with Crippen LogP contribution in [0, 0.1) is 0 Å². The number of nitrogens with zero attached hydrogens (tertiary/aromatic N) is 1. The van der Waals surface area contributed by atoms with Gasteiger partial charge in [0.2, 0.25) is 5.91 Å². The molecule has 16 heavy (non-hydrogen) atoms. The fraction of sp³-hybridized carbons (Fsp3) is 0.778. The fourth-order valence-electron chi connectivity index (χ4n) is 2.17. The van der Waals surface area contributed by atoms with E-state index in [1.54, 1.807) is 0 Å². The number of hydrogen-bond acceptors (Lipinski definition) is 4. The average Bonchev–Trinajstić information content (AvgIpc) is 2.15. The Morgan fingerprint density at radius 3 is 2.69 bits per heavy atom. The molecule has 0 bridgehead atoms. The van der Waals surface area contributed by atoms with Gasteiger partial charge in [-0.1, -0.05) is 0 Å². The highest BCUT2D eigenvalue weighted by molar-refractivity contribution is 7.91. The summed E-state index contributed by atoms with van der Waals surface area (Å²) in [7, 11) is -3.02. The summed E-state index contributed by atoms with van der Waals surface area (Å²) in [5.74, 6) is -0.0631. The van der Waals surface area contributed by atoms with Crippen molar-refractivity contribution in [1.82, 2.24) is 10.2 Å². The van der Waals surface area contributed by atoms with Gasteiger partial charge in [0.15, 0.2) is 9.84 Å². The van der Waals surface area contributed by atoms with Crippen molar-refractivity contribution in [3.63, 3.8) is 0 Å². The quantitative estimate of drug-likeness (QED) is 0.676. The summed E-state index contributed by atoms with van der Waals surface area (Å²) < 4.78 is 22.9. The number of nitrogens with one attached hydrogen (secondary N) is 1. The van der Waals surface area contributed by atoms with Gasteiger partial charge in [-0.2, -0.15) is 0 Å². The second-order valence-electron chi connectivity index (χ2n) is 4.21. The first-order valence-electron chi connectivity index (χ1n) is 5.29. The third-order valence-corrected chi connectivity index (χ3v) is 4.77. The van der Waals surface area contributed by atoms with Gasteiger partial charge in [0.05, 0.1) is 11.5 Å². The maximum Gasteiger partial charge on any atom is 0.324 e. The third kappa shape index (κ3) is 2.34. The molecule has 0 aromatic carbocycles. The molecular weight excluding hydrogens is 232 g/mol. The summed E-state index contributed by atoms with van der Waals surface area (Å²) in [5.41, 5.74) is 0. The van der Waals surface area contributed by atoms with Crippen LogP contribution in [0.25, 0.3) is 0 Å². The Labute approximate surface area is 93.9 Å². The van der Waals surface area contributed by atoms with Crippen LogP contribution in [0.1, 0.15) is 19.3 Å². The first-order valence-corrected chi connectivity index (χ1v) is 7.11. The van der Waals surface area contributed by atoms with E-state index in [1.165, 1.54) is 4.90 Å². The lowest BCUT2D eigenvalue weighted by atomic mass is 10.1. The molecule has 0 aromatic rings. The fourth-order valence-corrected chi connectivity index (χ4v) is 3.88. The Balaban J connectivity index is 2.07. The minimum atomic E-state index is -3.02. The third-order valence-electron chi connectivity index (χ3n) is 2.97. The topological polar surface area (TPSA) is 83.6 Å². The smallest absolute Gasteiger partial charge is 0.320 e. The molecule has 2 aliphatic rings. The minimum absolute atomic E-state index is 0.0224. The highest BCUT2D eigenvalue weighted by atomic mass is 32.2. The maximum absolute atomic E-state index is 11.5. The number of sulfone groups is 1. The second-order valence-corrected chi connectivity index (χ2v) is 6.44. The van der Waals surface area contributed by atoms with Crippen LogP contribution in [0.2, 0.25) is 0 Å². The molecule has 0 spiro atoms. The van der Waals surface area contributed by atoms with Crippen LogP contribution in [-0.2, 0) is 14.6 Å². The van der Waals surface area contributed by atoms with E-state index in [9.17, 15) is 18.0 Å². The van der Waals surface area contributed by atoms with E-state index >= 15 is 0 Å². The standard InChI is InChI=1S/C9H14N2O4S/c12-8-3-4-11(9(13)10-8)7-2-1-5-16(14,15)6-7/h7H,1-6H2,(H,10,12,13). The number of urea groups is 1.